The molecule has 0 aliphatic carbocycles. The lowest BCUT2D eigenvalue weighted by molar-refractivity contribution is -0.159. The highest BCUT2D eigenvalue weighted by Gasteiger charge is 2.28. The SMILES string of the molecule is COC(=O)[C@H]1C[C@@H](F)CCO1. The molecule has 0 aromatic heterocycles. The Bertz CT molecular complexity index is 149. The van der Waals surface area contributed by atoms with Crippen LogP contribution < -0.4 is 0 Å². The number of carbonyl (C=O) groups is 1. The fourth-order valence-electron chi connectivity index (χ4n) is 1.05. The molecule has 0 spiro atoms. The number of carbonyl (C=O) groups excluding carboxylic acids is 1. The van der Waals surface area contributed by atoms with E-state index in [1.54, 1.807) is 0 Å². The summed E-state index contributed by atoms with van der Waals surface area (Å²) in [6.45, 7) is 0.306. The molecule has 1 aliphatic rings. The number of methoxy groups -OCH3 is 1. The summed E-state index contributed by atoms with van der Waals surface area (Å²) in [4.78, 5) is 10.8. The highest BCUT2D eigenvalue weighted by Crippen LogP contribution is 2.17. The van der Waals surface area contributed by atoms with Gasteiger partial charge in [-0.05, 0) is 0 Å². The predicted octanol–water partition coefficient (Wildman–Crippen LogP) is 0.676. The minimum absolute atomic E-state index is 0.132. The Kier molecular flexibility index (Phi) is 2.82. The van der Waals surface area contributed by atoms with E-state index in [1.165, 1.54) is 7.11 Å². The van der Waals surface area contributed by atoms with E-state index in [9.17, 15) is 9.18 Å². The van der Waals surface area contributed by atoms with Crippen LogP contribution in [0.5, 0.6) is 0 Å². The van der Waals surface area contributed by atoms with Crippen LogP contribution >= 0.6 is 0 Å². The standard InChI is InChI=1S/C7H11FO3/c1-10-7(9)6-4-5(8)2-3-11-6/h5-6H,2-4H2,1H3/t5-,6+/m0/s1. The molecule has 2 atom stereocenters. The number of alkyl halides is 1. The van der Waals surface area contributed by atoms with Gasteiger partial charge in [-0.1, -0.05) is 0 Å². The predicted molar refractivity (Wildman–Crippen MR) is 35.9 cm³/mol. The van der Waals surface area contributed by atoms with Crippen LogP contribution in [-0.4, -0.2) is 32.0 Å². The Balaban J connectivity index is 2.39. The Labute approximate surface area is 64.5 Å². The topological polar surface area (TPSA) is 35.5 Å². The second-order valence-electron chi connectivity index (χ2n) is 2.50. The van der Waals surface area contributed by atoms with Crippen LogP contribution in [0.1, 0.15) is 12.8 Å². The molecule has 0 saturated carbocycles. The molecule has 1 fully saturated rings. The average molecular weight is 162 g/mol. The van der Waals surface area contributed by atoms with Crippen molar-refractivity contribution in [3.8, 4) is 0 Å². The van der Waals surface area contributed by atoms with Crippen molar-refractivity contribution in [2.45, 2.75) is 25.1 Å². The van der Waals surface area contributed by atoms with Gasteiger partial charge in [0.2, 0.25) is 0 Å². The molecule has 0 amide bonds. The first kappa shape index (κ1) is 8.46. The maximum absolute atomic E-state index is 12.6. The lowest BCUT2D eigenvalue weighted by Gasteiger charge is -2.22. The maximum Gasteiger partial charge on any atom is 0.335 e. The molecule has 64 valence electrons. The van der Waals surface area contributed by atoms with E-state index in [0.29, 0.717) is 13.0 Å². The molecule has 1 heterocycles. The summed E-state index contributed by atoms with van der Waals surface area (Å²) in [5.74, 6) is -0.479. The molecular weight excluding hydrogens is 151 g/mol. The van der Waals surface area contributed by atoms with Crippen LogP contribution in [0.15, 0.2) is 0 Å². The van der Waals surface area contributed by atoms with Crippen molar-refractivity contribution < 1.29 is 18.7 Å². The summed E-state index contributed by atoms with van der Waals surface area (Å²) >= 11 is 0. The van der Waals surface area contributed by atoms with Crippen LogP contribution in [0.3, 0.4) is 0 Å². The lowest BCUT2D eigenvalue weighted by Crippen LogP contribution is -2.33. The number of hydrogen-bond acceptors (Lipinski definition) is 3. The molecule has 4 heteroatoms. The lowest BCUT2D eigenvalue weighted by atomic mass is 10.1. The van der Waals surface area contributed by atoms with Gasteiger partial charge in [-0.25, -0.2) is 9.18 Å². The van der Waals surface area contributed by atoms with E-state index < -0.39 is 18.2 Å². The van der Waals surface area contributed by atoms with Gasteiger partial charge in [0.15, 0.2) is 6.10 Å². The molecule has 0 bridgehead atoms. The Morgan fingerprint density at radius 2 is 2.45 bits per heavy atom. The minimum Gasteiger partial charge on any atom is -0.467 e. The molecule has 1 aliphatic heterocycles. The van der Waals surface area contributed by atoms with E-state index >= 15 is 0 Å². The second-order valence-corrected chi connectivity index (χ2v) is 2.50. The Morgan fingerprint density at radius 3 is 3.00 bits per heavy atom. The Morgan fingerprint density at radius 1 is 1.73 bits per heavy atom. The van der Waals surface area contributed by atoms with Crippen molar-refractivity contribution in [1.29, 1.82) is 0 Å². The smallest absolute Gasteiger partial charge is 0.335 e. The van der Waals surface area contributed by atoms with Gasteiger partial charge in [-0.15, -0.1) is 0 Å². The van der Waals surface area contributed by atoms with Gasteiger partial charge in [-0.3, -0.25) is 0 Å². The van der Waals surface area contributed by atoms with Gasteiger partial charge in [0.05, 0.1) is 13.7 Å². The van der Waals surface area contributed by atoms with Crippen molar-refractivity contribution in [1.82, 2.24) is 0 Å². The van der Waals surface area contributed by atoms with Crippen LogP contribution in [0, 0.1) is 0 Å². The summed E-state index contributed by atoms with van der Waals surface area (Å²) in [5, 5.41) is 0. The summed E-state index contributed by atoms with van der Waals surface area (Å²) in [7, 11) is 1.27. The average Bonchev–Trinajstić information content (AvgIpc) is 2.03. The monoisotopic (exact) mass is 162 g/mol. The highest BCUT2D eigenvalue weighted by atomic mass is 19.1. The van der Waals surface area contributed by atoms with E-state index in [4.69, 9.17) is 4.74 Å². The fraction of sp³-hybridized carbons (Fsp3) is 0.857. The summed E-state index contributed by atoms with van der Waals surface area (Å²) < 4.78 is 22.0. The summed E-state index contributed by atoms with van der Waals surface area (Å²) in [5.41, 5.74) is 0. The zero-order valence-corrected chi connectivity index (χ0v) is 6.38. The third kappa shape index (κ3) is 2.15. The van der Waals surface area contributed by atoms with Crippen LogP contribution in [0.2, 0.25) is 0 Å². The third-order valence-electron chi connectivity index (χ3n) is 1.68. The van der Waals surface area contributed by atoms with Crippen molar-refractivity contribution >= 4 is 5.97 Å². The quantitative estimate of drug-likeness (QED) is 0.532. The molecular formula is C7H11FO3. The van der Waals surface area contributed by atoms with Crippen molar-refractivity contribution in [3.05, 3.63) is 0 Å². The molecule has 1 saturated heterocycles. The van der Waals surface area contributed by atoms with E-state index in [-0.39, 0.29) is 6.42 Å². The first-order valence-corrected chi connectivity index (χ1v) is 3.57. The summed E-state index contributed by atoms with van der Waals surface area (Å²) in [6, 6.07) is 0. The molecule has 0 radical (unpaired) electrons. The number of hydrogen-bond donors (Lipinski definition) is 0. The molecule has 0 aromatic carbocycles. The third-order valence-corrected chi connectivity index (χ3v) is 1.68. The first-order valence-electron chi connectivity index (χ1n) is 3.57. The molecule has 0 unspecified atom stereocenters. The normalized spacial score (nSPS) is 31.5. The number of halogens is 1. The Hall–Kier alpha value is -0.640. The zero-order chi connectivity index (χ0) is 8.27. The summed E-state index contributed by atoms with van der Waals surface area (Å²) in [6.07, 6.45) is -1.10. The van der Waals surface area contributed by atoms with Crippen molar-refractivity contribution in [2.24, 2.45) is 0 Å². The number of esters is 1. The van der Waals surface area contributed by atoms with Gasteiger partial charge >= 0.3 is 5.97 Å². The van der Waals surface area contributed by atoms with Crippen molar-refractivity contribution in [3.63, 3.8) is 0 Å². The molecule has 0 N–H and O–H groups in total. The molecule has 11 heavy (non-hydrogen) atoms. The van der Waals surface area contributed by atoms with Gasteiger partial charge < -0.3 is 9.47 Å². The van der Waals surface area contributed by atoms with Gasteiger partial charge in [0.1, 0.15) is 6.17 Å². The van der Waals surface area contributed by atoms with Crippen LogP contribution in [-0.2, 0) is 14.3 Å². The van der Waals surface area contributed by atoms with Crippen LogP contribution in [0.4, 0.5) is 4.39 Å². The van der Waals surface area contributed by atoms with E-state index in [0.717, 1.165) is 0 Å². The zero-order valence-electron chi connectivity index (χ0n) is 6.38. The number of ether oxygens (including phenoxy) is 2. The molecule has 3 nitrogen and oxygen atoms in total. The minimum atomic E-state index is -0.923. The second kappa shape index (κ2) is 3.67. The largest absolute Gasteiger partial charge is 0.467 e. The van der Waals surface area contributed by atoms with E-state index in [2.05, 4.69) is 4.74 Å². The maximum atomic E-state index is 12.6. The highest BCUT2D eigenvalue weighted by molar-refractivity contribution is 5.74. The molecule has 0 aromatic rings. The van der Waals surface area contributed by atoms with Gasteiger partial charge in [0.25, 0.3) is 0 Å². The van der Waals surface area contributed by atoms with Crippen molar-refractivity contribution in [2.75, 3.05) is 13.7 Å². The first-order chi connectivity index (χ1) is 5.24. The van der Waals surface area contributed by atoms with Crippen LogP contribution in [0.25, 0.3) is 0 Å². The fourth-order valence-corrected chi connectivity index (χ4v) is 1.05. The number of rotatable bonds is 1. The molecule has 1 rings (SSSR count). The van der Waals surface area contributed by atoms with E-state index in [1.807, 2.05) is 0 Å². The van der Waals surface area contributed by atoms with Gasteiger partial charge in [0, 0.05) is 12.8 Å². The van der Waals surface area contributed by atoms with Gasteiger partial charge in [-0.2, -0.15) is 0 Å².